The summed E-state index contributed by atoms with van der Waals surface area (Å²) in [5.41, 5.74) is 2.04. The Labute approximate surface area is 117 Å². The Morgan fingerprint density at radius 3 is 2.74 bits per heavy atom. The first-order chi connectivity index (χ1) is 9.28. The number of thiophene rings is 1. The quantitative estimate of drug-likeness (QED) is 0.664. The summed E-state index contributed by atoms with van der Waals surface area (Å²) >= 11 is 1.73. The molecule has 2 N–H and O–H groups in total. The van der Waals surface area contributed by atoms with Crippen LogP contribution in [0.5, 0.6) is 0 Å². The second-order valence-corrected chi connectivity index (χ2v) is 5.16. The molecule has 0 unspecified atom stereocenters. The molecule has 0 atom stereocenters. The summed E-state index contributed by atoms with van der Waals surface area (Å²) in [6, 6.07) is 10.2. The Hall–Kier alpha value is -1.88. The third-order valence-corrected chi connectivity index (χ3v) is 3.49. The number of hydrogen-bond donors (Lipinski definition) is 2. The van der Waals surface area contributed by atoms with Crippen molar-refractivity contribution in [3.63, 3.8) is 0 Å². The van der Waals surface area contributed by atoms with Crippen LogP contribution in [0, 0.1) is 6.92 Å². The number of aromatic nitrogens is 1. The molecule has 0 amide bonds. The Bertz CT molecular complexity index is 534. The molecule has 0 bridgehead atoms. The van der Waals surface area contributed by atoms with Crippen LogP contribution in [-0.4, -0.2) is 18.0 Å². The van der Waals surface area contributed by atoms with Gasteiger partial charge in [-0.25, -0.2) is 0 Å². The largest absolute Gasteiger partial charge is 0.352 e. The van der Waals surface area contributed by atoms with E-state index in [1.54, 1.807) is 18.4 Å². The second-order valence-electron chi connectivity index (χ2n) is 4.13. The Kier molecular flexibility index (Phi) is 4.92. The zero-order chi connectivity index (χ0) is 13.5. The number of nitrogens with zero attached hydrogens (tertiary/aromatic N) is 2. The summed E-state index contributed by atoms with van der Waals surface area (Å²) in [7, 11) is 1.77. The number of pyridine rings is 1. The maximum atomic E-state index is 4.45. The minimum Gasteiger partial charge on any atom is -0.352 e. The van der Waals surface area contributed by atoms with Crippen LogP contribution in [0.1, 0.15) is 16.3 Å². The Balaban J connectivity index is 1.83. The number of guanidine groups is 1. The van der Waals surface area contributed by atoms with Crippen LogP contribution >= 0.6 is 11.3 Å². The van der Waals surface area contributed by atoms with Gasteiger partial charge in [-0.1, -0.05) is 12.1 Å². The highest BCUT2D eigenvalue weighted by Gasteiger charge is 2.00. The highest BCUT2D eigenvalue weighted by molar-refractivity contribution is 7.09. The summed E-state index contributed by atoms with van der Waals surface area (Å²) in [5, 5.41) is 8.61. The van der Waals surface area contributed by atoms with Gasteiger partial charge in [-0.15, -0.1) is 11.3 Å². The molecule has 0 saturated carbocycles. The van der Waals surface area contributed by atoms with E-state index in [4.69, 9.17) is 0 Å². The number of aryl methyl sites for hydroxylation is 1. The van der Waals surface area contributed by atoms with Crippen LogP contribution in [0.15, 0.2) is 40.7 Å². The van der Waals surface area contributed by atoms with Crippen LogP contribution in [0.4, 0.5) is 0 Å². The maximum Gasteiger partial charge on any atom is 0.191 e. The summed E-state index contributed by atoms with van der Waals surface area (Å²) in [5.74, 6) is 0.789. The molecular weight excluding hydrogens is 256 g/mol. The normalized spacial score (nSPS) is 11.4. The molecule has 4 nitrogen and oxygen atoms in total. The first-order valence-electron chi connectivity index (χ1n) is 6.17. The molecule has 0 aliphatic rings. The maximum absolute atomic E-state index is 4.45. The van der Waals surface area contributed by atoms with Gasteiger partial charge < -0.3 is 10.6 Å². The van der Waals surface area contributed by atoms with Gasteiger partial charge in [0.25, 0.3) is 0 Å². The molecule has 19 heavy (non-hydrogen) atoms. The van der Waals surface area contributed by atoms with Crippen molar-refractivity contribution < 1.29 is 0 Å². The van der Waals surface area contributed by atoms with E-state index in [9.17, 15) is 0 Å². The van der Waals surface area contributed by atoms with Gasteiger partial charge in [0.05, 0.1) is 18.8 Å². The zero-order valence-corrected chi connectivity index (χ0v) is 12.0. The first-order valence-corrected chi connectivity index (χ1v) is 7.05. The molecule has 2 rings (SSSR count). The molecule has 0 saturated heterocycles. The lowest BCUT2D eigenvalue weighted by Gasteiger charge is -2.11. The van der Waals surface area contributed by atoms with E-state index < -0.39 is 0 Å². The van der Waals surface area contributed by atoms with E-state index in [1.807, 2.05) is 25.1 Å². The zero-order valence-electron chi connectivity index (χ0n) is 11.2. The van der Waals surface area contributed by atoms with Gasteiger partial charge in [0, 0.05) is 17.6 Å². The van der Waals surface area contributed by atoms with E-state index in [-0.39, 0.29) is 0 Å². The molecule has 0 aliphatic heterocycles. The molecule has 2 heterocycles. The summed E-state index contributed by atoms with van der Waals surface area (Å²) in [6.45, 7) is 3.46. The van der Waals surface area contributed by atoms with Gasteiger partial charge in [0.15, 0.2) is 5.96 Å². The fourth-order valence-electron chi connectivity index (χ4n) is 1.68. The molecule has 2 aromatic rings. The predicted octanol–water partition coefficient (Wildman–Crippen LogP) is 2.32. The predicted molar refractivity (Wildman–Crippen MR) is 80.3 cm³/mol. The lowest BCUT2D eigenvalue weighted by atomic mass is 10.3. The van der Waals surface area contributed by atoms with Crippen molar-refractivity contribution in [2.24, 2.45) is 4.99 Å². The van der Waals surface area contributed by atoms with Crippen LogP contribution in [0.3, 0.4) is 0 Å². The molecule has 0 aromatic carbocycles. The fourth-order valence-corrected chi connectivity index (χ4v) is 2.32. The molecule has 0 aliphatic carbocycles. The molecule has 0 fully saturated rings. The number of nitrogens with one attached hydrogen (secondary N) is 2. The minimum absolute atomic E-state index is 0.672. The minimum atomic E-state index is 0.672. The third-order valence-electron chi connectivity index (χ3n) is 2.62. The van der Waals surface area contributed by atoms with E-state index in [0.717, 1.165) is 23.9 Å². The summed E-state index contributed by atoms with van der Waals surface area (Å²) < 4.78 is 0. The van der Waals surface area contributed by atoms with Crippen LogP contribution in [0.2, 0.25) is 0 Å². The monoisotopic (exact) mass is 274 g/mol. The average molecular weight is 274 g/mol. The van der Waals surface area contributed by atoms with Gasteiger partial charge in [0.1, 0.15) is 0 Å². The van der Waals surface area contributed by atoms with E-state index in [0.29, 0.717) is 6.54 Å². The lowest BCUT2D eigenvalue weighted by molar-refractivity contribution is 0.796. The average Bonchev–Trinajstić information content (AvgIpc) is 2.92. The smallest absolute Gasteiger partial charge is 0.191 e. The lowest BCUT2D eigenvalue weighted by Crippen LogP contribution is -2.36. The van der Waals surface area contributed by atoms with E-state index in [2.05, 4.69) is 38.1 Å². The standard InChI is InChI=1S/C14H18N4S/c1-11-5-3-6-12(18-11)9-16-14(15-2)17-10-13-7-4-8-19-13/h3-8H,9-10H2,1-2H3,(H2,15,16,17). The first kappa shape index (κ1) is 13.5. The van der Waals surface area contributed by atoms with Crippen molar-refractivity contribution in [2.75, 3.05) is 7.05 Å². The Morgan fingerprint density at radius 1 is 1.21 bits per heavy atom. The van der Waals surface area contributed by atoms with E-state index >= 15 is 0 Å². The van der Waals surface area contributed by atoms with Gasteiger partial charge in [0.2, 0.25) is 0 Å². The van der Waals surface area contributed by atoms with Crippen LogP contribution in [-0.2, 0) is 13.1 Å². The van der Waals surface area contributed by atoms with Crippen LogP contribution < -0.4 is 10.6 Å². The number of rotatable bonds is 4. The van der Waals surface area contributed by atoms with Crippen molar-refractivity contribution in [1.29, 1.82) is 0 Å². The second kappa shape index (κ2) is 6.89. The third kappa shape index (κ3) is 4.37. The SMILES string of the molecule is CN=C(NCc1cccc(C)n1)NCc1cccs1. The molecule has 100 valence electrons. The molecule has 0 radical (unpaired) electrons. The van der Waals surface area contributed by atoms with Crippen molar-refractivity contribution in [1.82, 2.24) is 15.6 Å². The van der Waals surface area contributed by atoms with Crippen molar-refractivity contribution in [3.05, 3.63) is 52.0 Å². The van der Waals surface area contributed by atoms with Gasteiger partial charge >= 0.3 is 0 Å². The van der Waals surface area contributed by atoms with Crippen molar-refractivity contribution in [3.8, 4) is 0 Å². The van der Waals surface area contributed by atoms with E-state index in [1.165, 1.54) is 4.88 Å². The molecular formula is C14H18N4S. The van der Waals surface area contributed by atoms with Crippen LogP contribution in [0.25, 0.3) is 0 Å². The van der Waals surface area contributed by atoms with Crippen molar-refractivity contribution >= 4 is 17.3 Å². The Morgan fingerprint density at radius 2 is 2.05 bits per heavy atom. The summed E-state index contributed by atoms with van der Waals surface area (Å²) in [4.78, 5) is 9.93. The molecule has 5 heteroatoms. The highest BCUT2D eigenvalue weighted by atomic mass is 32.1. The molecule has 2 aromatic heterocycles. The number of hydrogen-bond acceptors (Lipinski definition) is 3. The van der Waals surface area contributed by atoms with Crippen molar-refractivity contribution in [2.45, 2.75) is 20.0 Å². The van der Waals surface area contributed by atoms with Gasteiger partial charge in [-0.05, 0) is 30.5 Å². The number of aliphatic imine (C=N–C) groups is 1. The van der Waals surface area contributed by atoms with Gasteiger partial charge in [-0.3, -0.25) is 9.98 Å². The molecule has 0 spiro atoms. The van der Waals surface area contributed by atoms with Gasteiger partial charge in [-0.2, -0.15) is 0 Å². The fraction of sp³-hybridized carbons (Fsp3) is 0.286. The summed E-state index contributed by atoms with van der Waals surface area (Å²) in [6.07, 6.45) is 0. The highest BCUT2D eigenvalue weighted by Crippen LogP contribution is 2.07. The topological polar surface area (TPSA) is 49.3 Å².